The Balaban J connectivity index is 2.34. The predicted molar refractivity (Wildman–Crippen MR) is 72.3 cm³/mol. The SMILES string of the molecule is COc1cc(C)c(N2CC(CN)CC2=O)cc1Cl. The molecule has 1 aliphatic heterocycles. The summed E-state index contributed by atoms with van der Waals surface area (Å²) in [4.78, 5) is 13.7. The van der Waals surface area contributed by atoms with E-state index >= 15 is 0 Å². The summed E-state index contributed by atoms with van der Waals surface area (Å²) in [5.41, 5.74) is 7.45. The molecule has 2 rings (SSSR count). The minimum Gasteiger partial charge on any atom is -0.495 e. The number of anilines is 1. The summed E-state index contributed by atoms with van der Waals surface area (Å²) >= 11 is 6.11. The number of carbonyl (C=O) groups excluding carboxylic acids is 1. The molecule has 1 amide bonds. The van der Waals surface area contributed by atoms with E-state index in [1.54, 1.807) is 18.1 Å². The molecular weight excluding hydrogens is 252 g/mol. The smallest absolute Gasteiger partial charge is 0.227 e. The van der Waals surface area contributed by atoms with E-state index in [0.717, 1.165) is 11.3 Å². The monoisotopic (exact) mass is 268 g/mol. The highest BCUT2D eigenvalue weighted by molar-refractivity contribution is 6.32. The first-order valence-corrected chi connectivity index (χ1v) is 6.29. The van der Waals surface area contributed by atoms with E-state index in [9.17, 15) is 4.79 Å². The molecule has 0 aliphatic carbocycles. The van der Waals surface area contributed by atoms with Gasteiger partial charge in [0, 0.05) is 18.7 Å². The van der Waals surface area contributed by atoms with Crippen LogP contribution in [0.4, 0.5) is 5.69 Å². The molecule has 5 heteroatoms. The first kappa shape index (κ1) is 13.2. The molecule has 1 aromatic rings. The van der Waals surface area contributed by atoms with Gasteiger partial charge in [-0.2, -0.15) is 0 Å². The number of carbonyl (C=O) groups is 1. The number of hydrogen-bond donors (Lipinski definition) is 1. The molecule has 0 bridgehead atoms. The Morgan fingerprint density at radius 3 is 2.83 bits per heavy atom. The van der Waals surface area contributed by atoms with Gasteiger partial charge in [-0.1, -0.05) is 11.6 Å². The van der Waals surface area contributed by atoms with E-state index < -0.39 is 0 Å². The van der Waals surface area contributed by atoms with Crippen molar-refractivity contribution in [2.45, 2.75) is 13.3 Å². The van der Waals surface area contributed by atoms with Gasteiger partial charge in [-0.25, -0.2) is 0 Å². The van der Waals surface area contributed by atoms with Gasteiger partial charge in [0.05, 0.1) is 12.1 Å². The van der Waals surface area contributed by atoms with Crippen molar-refractivity contribution < 1.29 is 9.53 Å². The molecule has 1 unspecified atom stereocenters. The second-order valence-corrected chi connectivity index (χ2v) is 4.99. The largest absolute Gasteiger partial charge is 0.495 e. The zero-order chi connectivity index (χ0) is 13.3. The Morgan fingerprint density at radius 2 is 2.28 bits per heavy atom. The summed E-state index contributed by atoms with van der Waals surface area (Å²) in [6, 6.07) is 3.63. The van der Waals surface area contributed by atoms with Crippen molar-refractivity contribution in [3.63, 3.8) is 0 Å². The lowest BCUT2D eigenvalue weighted by Crippen LogP contribution is -2.26. The summed E-state index contributed by atoms with van der Waals surface area (Å²) < 4.78 is 5.16. The average Bonchev–Trinajstić information content (AvgIpc) is 2.73. The van der Waals surface area contributed by atoms with Crippen molar-refractivity contribution in [1.29, 1.82) is 0 Å². The van der Waals surface area contributed by atoms with Crippen molar-refractivity contribution >= 4 is 23.2 Å². The Labute approximate surface area is 112 Å². The second-order valence-electron chi connectivity index (χ2n) is 4.58. The van der Waals surface area contributed by atoms with Crippen molar-refractivity contribution in [3.8, 4) is 5.75 Å². The number of amides is 1. The topological polar surface area (TPSA) is 55.6 Å². The number of ether oxygens (including phenoxy) is 1. The summed E-state index contributed by atoms with van der Waals surface area (Å²) in [6.07, 6.45) is 0.513. The Bertz CT molecular complexity index is 476. The molecule has 1 saturated heterocycles. The fraction of sp³-hybridized carbons (Fsp3) is 0.462. The number of hydrogen-bond acceptors (Lipinski definition) is 3. The molecule has 0 radical (unpaired) electrons. The first-order chi connectivity index (χ1) is 8.56. The van der Waals surface area contributed by atoms with Gasteiger partial charge in [0.1, 0.15) is 5.75 Å². The van der Waals surface area contributed by atoms with E-state index in [4.69, 9.17) is 22.1 Å². The molecular formula is C13H17ClN2O2. The lowest BCUT2D eigenvalue weighted by Gasteiger charge is -2.20. The summed E-state index contributed by atoms with van der Waals surface area (Å²) in [5.74, 6) is 0.965. The number of nitrogens with zero attached hydrogens (tertiary/aromatic N) is 1. The van der Waals surface area contributed by atoms with Gasteiger partial charge in [0.25, 0.3) is 0 Å². The van der Waals surface area contributed by atoms with Gasteiger partial charge >= 0.3 is 0 Å². The van der Waals surface area contributed by atoms with Crippen LogP contribution in [0.2, 0.25) is 5.02 Å². The number of methoxy groups -OCH3 is 1. The summed E-state index contributed by atoms with van der Waals surface area (Å²) in [6.45, 7) is 3.14. The third-order valence-corrected chi connectivity index (χ3v) is 3.59. The minimum atomic E-state index is 0.106. The van der Waals surface area contributed by atoms with Crippen LogP contribution in [0.1, 0.15) is 12.0 Å². The lowest BCUT2D eigenvalue weighted by atomic mass is 10.1. The molecule has 0 aromatic heterocycles. The van der Waals surface area contributed by atoms with E-state index in [2.05, 4.69) is 0 Å². The normalized spacial score (nSPS) is 19.4. The van der Waals surface area contributed by atoms with Crippen LogP contribution >= 0.6 is 11.6 Å². The van der Waals surface area contributed by atoms with Crippen LogP contribution in [0.15, 0.2) is 12.1 Å². The molecule has 1 aromatic carbocycles. The molecule has 98 valence electrons. The van der Waals surface area contributed by atoms with Gasteiger partial charge in [0.2, 0.25) is 5.91 Å². The maximum absolute atomic E-state index is 12.0. The minimum absolute atomic E-state index is 0.106. The van der Waals surface area contributed by atoms with E-state index in [0.29, 0.717) is 30.3 Å². The molecule has 0 saturated carbocycles. The highest BCUT2D eigenvalue weighted by Crippen LogP contribution is 2.35. The molecule has 2 N–H and O–H groups in total. The molecule has 1 aliphatic rings. The van der Waals surface area contributed by atoms with Gasteiger partial charge in [0.15, 0.2) is 0 Å². The molecule has 1 atom stereocenters. The van der Waals surface area contributed by atoms with Crippen LogP contribution in [0.5, 0.6) is 5.75 Å². The maximum Gasteiger partial charge on any atom is 0.227 e. The van der Waals surface area contributed by atoms with Gasteiger partial charge in [-0.3, -0.25) is 4.79 Å². The van der Waals surface area contributed by atoms with Crippen LogP contribution in [-0.2, 0) is 4.79 Å². The van der Waals surface area contributed by atoms with Crippen LogP contribution in [0.25, 0.3) is 0 Å². The van der Waals surface area contributed by atoms with Crippen LogP contribution < -0.4 is 15.4 Å². The van der Waals surface area contributed by atoms with Crippen molar-refractivity contribution in [1.82, 2.24) is 0 Å². The Hall–Kier alpha value is -1.26. The standard InChI is InChI=1S/C13H17ClN2O2/c1-8-3-12(18-2)10(14)5-11(8)16-7-9(6-15)4-13(16)17/h3,5,9H,4,6-7,15H2,1-2H3. The maximum atomic E-state index is 12.0. The third-order valence-electron chi connectivity index (χ3n) is 3.30. The quantitative estimate of drug-likeness (QED) is 0.912. The van der Waals surface area contributed by atoms with E-state index in [1.807, 2.05) is 13.0 Å². The van der Waals surface area contributed by atoms with E-state index in [-0.39, 0.29) is 11.8 Å². The van der Waals surface area contributed by atoms with E-state index in [1.165, 1.54) is 0 Å². The number of rotatable bonds is 3. The first-order valence-electron chi connectivity index (χ1n) is 5.91. The highest BCUT2D eigenvalue weighted by Gasteiger charge is 2.30. The van der Waals surface area contributed by atoms with Crippen LogP contribution in [0, 0.1) is 12.8 Å². The van der Waals surface area contributed by atoms with Crippen molar-refractivity contribution in [2.75, 3.05) is 25.1 Å². The van der Waals surface area contributed by atoms with Crippen LogP contribution in [0.3, 0.4) is 0 Å². The molecule has 1 fully saturated rings. The summed E-state index contributed by atoms with van der Waals surface area (Å²) in [7, 11) is 1.58. The average molecular weight is 269 g/mol. The van der Waals surface area contributed by atoms with Gasteiger partial charge in [-0.05, 0) is 37.1 Å². The van der Waals surface area contributed by atoms with Crippen molar-refractivity contribution in [3.05, 3.63) is 22.7 Å². The number of halogens is 1. The van der Waals surface area contributed by atoms with Crippen molar-refractivity contribution in [2.24, 2.45) is 11.7 Å². The molecule has 4 nitrogen and oxygen atoms in total. The fourth-order valence-electron chi connectivity index (χ4n) is 2.26. The number of nitrogens with two attached hydrogens (primary N) is 1. The number of aryl methyl sites for hydroxylation is 1. The van der Waals surface area contributed by atoms with Gasteiger partial charge < -0.3 is 15.4 Å². The third kappa shape index (κ3) is 2.31. The fourth-order valence-corrected chi connectivity index (χ4v) is 2.50. The zero-order valence-electron chi connectivity index (χ0n) is 10.6. The molecule has 0 spiro atoms. The highest BCUT2D eigenvalue weighted by atomic mass is 35.5. The predicted octanol–water partition coefficient (Wildman–Crippen LogP) is 1.97. The lowest BCUT2D eigenvalue weighted by molar-refractivity contribution is -0.117. The van der Waals surface area contributed by atoms with Gasteiger partial charge in [-0.15, -0.1) is 0 Å². The number of benzene rings is 1. The Kier molecular flexibility index (Phi) is 3.78. The molecule has 18 heavy (non-hydrogen) atoms. The Morgan fingerprint density at radius 1 is 1.56 bits per heavy atom. The second kappa shape index (κ2) is 5.16. The summed E-state index contributed by atoms with van der Waals surface area (Å²) in [5, 5.41) is 0.516. The molecule has 1 heterocycles. The zero-order valence-corrected chi connectivity index (χ0v) is 11.3. The van der Waals surface area contributed by atoms with Crippen LogP contribution in [-0.4, -0.2) is 26.1 Å².